The Morgan fingerprint density at radius 3 is 2.41 bits per heavy atom. The molecular formula is C19H18F3N5O2. The van der Waals surface area contributed by atoms with Crippen molar-refractivity contribution in [3.63, 3.8) is 0 Å². The van der Waals surface area contributed by atoms with Crippen molar-refractivity contribution in [1.29, 1.82) is 0 Å². The van der Waals surface area contributed by atoms with E-state index in [2.05, 4.69) is 25.3 Å². The molecule has 1 aromatic carbocycles. The zero-order valence-electron chi connectivity index (χ0n) is 15.7. The van der Waals surface area contributed by atoms with Crippen molar-refractivity contribution in [3.05, 3.63) is 70.9 Å². The second-order valence-electron chi connectivity index (χ2n) is 6.18. The molecule has 152 valence electrons. The fourth-order valence-corrected chi connectivity index (χ4v) is 2.33. The molecule has 0 fully saturated rings. The molecule has 0 spiro atoms. The van der Waals surface area contributed by atoms with E-state index in [1.165, 1.54) is 12.1 Å². The maximum absolute atomic E-state index is 12.6. The van der Waals surface area contributed by atoms with E-state index in [4.69, 9.17) is 9.57 Å². The lowest BCUT2D eigenvalue weighted by molar-refractivity contribution is -0.137. The first-order chi connectivity index (χ1) is 13.8. The van der Waals surface area contributed by atoms with Gasteiger partial charge in [-0.1, -0.05) is 17.3 Å². The number of alkyl halides is 3. The Hall–Kier alpha value is -3.43. The van der Waals surface area contributed by atoms with Crippen LogP contribution in [0.5, 0.6) is 5.88 Å². The van der Waals surface area contributed by atoms with Gasteiger partial charge in [0.2, 0.25) is 5.88 Å². The van der Waals surface area contributed by atoms with Crippen molar-refractivity contribution in [1.82, 2.24) is 20.2 Å². The van der Waals surface area contributed by atoms with Crippen LogP contribution in [0.2, 0.25) is 0 Å². The zero-order valence-corrected chi connectivity index (χ0v) is 15.7. The lowest BCUT2D eigenvalue weighted by atomic mass is 10.1. The van der Waals surface area contributed by atoms with Crippen molar-refractivity contribution >= 4 is 5.71 Å². The van der Waals surface area contributed by atoms with Crippen LogP contribution in [0, 0.1) is 6.92 Å². The van der Waals surface area contributed by atoms with Crippen LogP contribution in [-0.4, -0.2) is 25.9 Å². The average molecular weight is 405 g/mol. The zero-order chi connectivity index (χ0) is 20.9. The summed E-state index contributed by atoms with van der Waals surface area (Å²) in [4.78, 5) is 12.4. The van der Waals surface area contributed by atoms with Gasteiger partial charge >= 0.3 is 6.18 Å². The first-order valence-electron chi connectivity index (χ1n) is 8.61. The molecule has 7 nitrogen and oxygen atoms in total. The number of nitrogens with zero attached hydrogens (tertiary/aromatic N) is 4. The molecule has 10 heteroatoms. The lowest BCUT2D eigenvalue weighted by Gasteiger charge is -2.07. The highest BCUT2D eigenvalue weighted by Gasteiger charge is 2.29. The predicted molar refractivity (Wildman–Crippen MR) is 98.1 cm³/mol. The van der Waals surface area contributed by atoms with Gasteiger partial charge in [-0.25, -0.2) is 4.98 Å². The molecule has 0 unspecified atom stereocenters. The lowest BCUT2D eigenvalue weighted by Crippen LogP contribution is -2.04. The van der Waals surface area contributed by atoms with E-state index in [0.717, 1.165) is 17.7 Å². The summed E-state index contributed by atoms with van der Waals surface area (Å²) < 4.78 is 43.2. The summed E-state index contributed by atoms with van der Waals surface area (Å²) in [7, 11) is 0. The number of aryl methyl sites for hydroxylation is 1. The van der Waals surface area contributed by atoms with E-state index in [1.807, 2.05) is 0 Å². The summed E-state index contributed by atoms with van der Waals surface area (Å²) in [6.45, 7) is 3.81. The van der Waals surface area contributed by atoms with Crippen molar-refractivity contribution in [3.8, 4) is 5.88 Å². The second kappa shape index (κ2) is 8.72. The summed E-state index contributed by atoms with van der Waals surface area (Å²) in [6.07, 6.45) is -2.77. The number of oxime groups is 1. The molecule has 3 rings (SSSR count). The van der Waals surface area contributed by atoms with Gasteiger partial charge in [0.1, 0.15) is 19.0 Å². The van der Waals surface area contributed by atoms with E-state index >= 15 is 0 Å². The van der Waals surface area contributed by atoms with Gasteiger partial charge in [-0.2, -0.15) is 13.2 Å². The van der Waals surface area contributed by atoms with Crippen molar-refractivity contribution in [2.24, 2.45) is 5.16 Å². The minimum atomic E-state index is -4.36. The van der Waals surface area contributed by atoms with E-state index in [0.29, 0.717) is 28.8 Å². The largest absolute Gasteiger partial charge is 0.469 e. The molecule has 0 amide bonds. The first-order valence-corrected chi connectivity index (χ1v) is 8.61. The summed E-state index contributed by atoms with van der Waals surface area (Å²) in [5.41, 5.74) is 1.17. The van der Waals surface area contributed by atoms with Crippen LogP contribution < -0.4 is 4.74 Å². The van der Waals surface area contributed by atoms with Gasteiger partial charge in [0.15, 0.2) is 5.82 Å². The van der Waals surface area contributed by atoms with Crippen molar-refractivity contribution in [2.45, 2.75) is 33.2 Å². The van der Waals surface area contributed by atoms with E-state index in [1.54, 1.807) is 32.2 Å². The number of rotatable bonds is 7. The molecule has 0 saturated carbocycles. The number of H-pyrrole nitrogens is 1. The van der Waals surface area contributed by atoms with Gasteiger partial charge in [0, 0.05) is 17.8 Å². The summed E-state index contributed by atoms with van der Waals surface area (Å²) in [5, 5.41) is 11.7. The maximum Gasteiger partial charge on any atom is 0.416 e. The Kier molecular flexibility index (Phi) is 6.10. The Labute approximate surface area is 164 Å². The number of hydrogen-bond acceptors (Lipinski definition) is 6. The summed E-state index contributed by atoms with van der Waals surface area (Å²) in [6, 6.07) is 8.20. The van der Waals surface area contributed by atoms with E-state index < -0.39 is 11.7 Å². The summed E-state index contributed by atoms with van der Waals surface area (Å²) >= 11 is 0. The first kappa shape index (κ1) is 20.3. The molecule has 0 aliphatic heterocycles. The standard InChI is InChI=1S/C19H18F3N5O2/c1-12(27-29-10-14-3-6-16(7-4-14)19(20,21)22)15-5-8-18(23-9-15)28-11-17-24-13(2)25-26-17/h3-9H,10-11H2,1-2H3,(H,24,25,26). The molecule has 2 heterocycles. The fourth-order valence-electron chi connectivity index (χ4n) is 2.33. The molecule has 29 heavy (non-hydrogen) atoms. The number of aromatic nitrogens is 4. The van der Waals surface area contributed by atoms with Gasteiger partial charge in [0.05, 0.1) is 11.3 Å². The number of ether oxygens (including phenoxy) is 1. The molecular weight excluding hydrogens is 387 g/mol. The van der Waals surface area contributed by atoms with E-state index in [9.17, 15) is 13.2 Å². The molecule has 0 saturated heterocycles. The summed E-state index contributed by atoms with van der Waals surface area (Å²) in [5.74, 6) is 1.72. The number of nitrogens with one attached hydrogen (secondary N) is 1. The molecule has 0 aliphatic carbocycles. The molecule has 0 radical (unpaired) electrons. The topological polar surface area (TPSA) is 85.3 Å². The third-order valence-electron chi connectivity index (χ3n) is 3.87. The van der Waals surface area contributed by atoms with Crippen LogP contribution in [0.3, 0.4) is 0 Å². The molecule has 1 N–H and O–H groups in total. The van der Waals surface area contributed by atoms with Crippen LogP contribution in [0.25, 0.3) is 0 Å². The fraction of sp³-hybridized carbons (Fsp3) is 0.263. The molecule has 2 aromatic heterocycles. The Bertz CT molecular complexity index is 967. The number of pyridine rings is 1. The SMILES string of the molecule is CC(=NOCc1ccc(C(F)(F)F)cc1)c1ccc(OCc2nnc(C)[nH]2)nc1. The minimum absolute atomic E-state index is 0.0562. The van der Waals surface area contributed by atoms with Gasteiger partial charge < -0.3 is 14.6 Å². The smallest absolute Gasteiger partial charge is 0.416 e. The van der Waals surface area contributed by atoms with Crippen LogP contribution in [0.15, 0.2) is 47.8 Å². The number of benzene rings is 1. The Balaban J connectivity index is 1.51. The third kappa shape index (κ3) is 5.77. The molecule has 0 bridgehead atoms. The van der Waals surface area contributed by atoms with Crippen LogP contribution in [0.1, 0.15) is 35.3 Å². The normalized spacial score (nSPS) is 12.1. The highest BCUT2D eigenvalue weighted by molar-refractivity contribution is 5.98. The molecule has 0 aliphatic rings. The average Bonchev–Trinajstić information content (AvgIpc) is 3.11. The van der Waals surface area contributed by atoms with Crippen molar-refractivity contribution in [2.75, 3.05) is 0 Å². The van der Waals surface area contributed by atoms with Gasteiger partial charge in [0.25, 0.3) is 0 Å². The van der Waals surface area contributed by atoms with Crippen molar-refractivity contribution < 1.29 is 22.7 Å². The van der Waals surface area contributed by atoms with Gasteiger partial charge in [-0.05, 0) is 37.6 Å². The molecule has 3 aromatic rings. The number of hydrogen-bond donors (Lipinski definition) is 1. The predicted octanol–water partition coefficient (Wildman–Crippen LogP) is 4.05. The second-order valence-corrected chi connectivity index (χ2v) is 6.18. The quantitative estimate of drug-likeness (QED) is 0.474. The van der Waals surface area contributed by atoms with Gasteiger partial charge in [-0.3, -0.25) is 0 Å². The van der Waals surface area contributed by atoms with Gasteiger partial charge in [-0.15, -0.1) is 10.2 Å². The monoisotopic (exact) mass is 405 g/mol. The Morgan fingerprint density at radius 1 is 1.07 bits per heavy atom. The van der Waals surface area contributed by atoms with Crippen LogP contribution in [-0.2, 0) is 24.2 Å². The number of halogens is 3. The maximum atomic E-state index is 12.6. The van der Waals surface area contributed by atoms with Crippen LogP contribution in [0.4, 0.5) is 13.2 Å². The third-order valence-corrected chi connectivity index (χ3v) is 3.87. The Morgan fingerprint density at radius 2 is 1.83 bits per heavy atom. The highest BCUT2D eigenvalue weighted by atomic mass is 19.4. The van der Waals surface area contributed by atoms with Crippen LogP contribution >= 0.6 is 0 Å². The number of aromatic amines is 1. The molecule has 0 atom stereocenters. The minimum Gasteiger partial charge on any atom is -0.469 e. The highest BCUT2D eigenvalue weighted by Crippen LogP contribution is 2.29. The van der Waals surface area contributed by atoms with E-state index in [-0.39, 0.29) is 13.2 Å².